The number of halogens is 1. The quantitative estimate of drug-likeness (QED) is 0.621. The van der Waals surface area contributed by atoms with E-state index < -0.39 is 0 Å². The molecule has 0 aliphatic carbocycles. The van der Waals surface area contributed by atoms with Crippen LogP contribution in [0.2, 0.25) is 0 Å². The average Bonchev–Trinajstić information content (AvgIpc) is 2.15. The molecule has 0 fully saturated rings. The highest BCUT2D eigenvalue weighted by Gasteiger charge is 1.91. The first-order chi connectivity index (χ1) is 6.34. The molecule has 0 saturated carbocycles. The van der Waals surface area contributed by atoms with Gasteiger partial charge in [-0.25, -0.2) is 0 Å². The van der Waals surface area contributed by atoms with E-state index in [1.165, 1.54) is 0 Å². The van der Waals surface area contributed by atoms with Crippen LogP contribution in [0.4, 0.5) is 0 Å². The molecule has 0 aromatic heterocycles. The monoisotopic (exact) mass is 237 g/mol. The molecule has 1 aromatic rings. The van der Waals surface area contributed by atoms with Gasteiger partial charge in [0.05, 0.1) is 0 Å². The second-order valence-electron chi connectivity index (χ2n) is 2.67. The summed E-state index contributed by atoms with van der Waals surface area (Å²) in [4.78, 5) is 0. The van der Waals surface area contributed by atoms with E-state index in [1.807, 2.05) is 24.3 Å². The summed E-state index contributed by atoms with van der Waals surface area (Å²) in [5, 5.41) is 0. The summed E-state index contributed by atoms with van der Waals surface area (Å²) in [6, 6.07) is 7.96. The molecule has 68 valence electrons. The number of hydrogen-bond acceptors (Lipinski definition) is 1. The second-order valence-corrected chi connectivity index (χ2v) is 3.53. The van der Waals surface area contributed by atoms with E-state index in [0.29, 0.717) is 6.54 Å². The minimum absolute atomic E-state index is 0.713. The average molecular weight is 238 g/mol. The first kappa shape index (κ1) is 10.3. The van der Waals surface area contributed by atoms with Gasteiger partial charge in [0.2, 0.25) is 0 Å². The Labute approximate surface area is 87.5 Å². The van der Waals surface area contributed by atoms with E-state index in [2.05, 4.69) is 27.8 Å². The molecular formula is C11H12BrN. The summed E-state index contributed by atoms with van der Waals surface area (Å²) >= 11 is 3.44. The summed E-state index contributed by atoms with van der Waals surface area (Å²) in [6.45, 7) is 0.713. The molecule has 1 nitrogen and oxygen atoms in total. The van der Waals surface area contributed by atoms with Gasteiger partial charge in [0.15, 0.2) is 0 Å². The second kappa shape index (κ2) is 5.80. The van der Waals surface area contributed by atoms with E-state index in [-0.39, 0.29) is 0 Å². The summed E-state index contributed by atoms with van der Waals surface area (Å²) < 4.78 is 1.05. The highest BCUT2D eigenvalue weighted by Crippen LogP contribution is 2.14. The van der Waals surface area contributed by atoms with Crippen molar-refractivity contribution in [1.82, 2.24) is 0 Å². The maximum Gasteiger partial charge on any atom is 0.0387 e. The van der Waals surface area contributed by atoms with Crippen LogP contribution in [0.25, 0.3) is 0 Å². The molecule has 1 rings (SSSR count). The lowest BCUT2D eigenvalue weighted by molar-refractivity contribution is 0.870. The van der Waals surface area contributed by atoms with Crippen molar-refractivity contribution in [3.05, 3.63) is 34.3 Å². The maximum absolute atomic E-state index is 5.36. The third kappa shape index (κ3) is 3.63. The molecule has 0 aliphatic heterocycles. The molecule has 0 aliphatic rings. The fraction of sp³-hybridized carbons (Fsp3) is 0.273. The van der Waals surface area contributed by atoms with Crippen LogP contribution in [0.5, 0.6) is 0 Å². The van der Waals surface area contributed by atoms with Crippen LogP contribution in [0.3, 0.4) is 0 Å². The molecule has 2 heteroatoms. The Bertz CT molecular complexity index is 322. The predicted octanol–water partition coefficient (Wildman–Crippen LogP) is 2.54. The lowest BCUT2D eigenvalue weighted by Gasteiger charge is -1.92. The summed E-state index contributed by atoms with van der Waals surface area (Å²) in [6.07, 6.45) is 1.84. The zero-order chi connectivity index (χ0) is 9.52. The predicted molar refractivity (Wildman–Crippen MR) is 59.3 cm³/mol. The molecule has 0 heterocycles. The van der Waals surface area contributed by atoms with Crippen LogP contribution >= 0.6 is 15.9 Å². The largest absolute Gasteiger partial charge is 0.330 e. The van der Waals surface area contributed by atoms with Crippen molar-refractivity contribution in [2.24, 2.45) is 5.73 Å². The molecule has 13 heavy (non-hydrogen) atoms. The van der Waals surface area contributed by atoms with Crippen LogP contribution < -0.4 is 5.73 Å². The van der Waals surface area contributed by atoms with E-state index in [1.54, 1.807) is 0 Å². The SMILES string of the molecule is NCCCC#Cc1ccccc1Br. The molecule has 0 saturated heterocycles. The third-order valence-electron chi connectivity index (χ3n) is 1.60. The maximum atomic E-state index is 5.36. The molecule has 1 aromatic carbocycles. The molecule has 2 N–H and O–H groups in total. The van der Waals surface area contributed by atoms with Gasteiger partial charge in [-0.3, -0.25) is 0 Å². The van der Waals surface area contributed by atoms with Gasteiger partial charge in [0.1, 0.15) is 0 Å². The van der Waals surface area contributed by atoms with E-state index >= 15 is 0 Å². The molecule has 0 spiro atoms. The van der Waals surface area contributed by atoms with Crippen LogP contribution in [0, 0.1) is 11.8 Å². The molecule has 0 radical (unpaired) electrons. The summed E-state index contributed by atoms with van der Waals surface area (Å²) in [5.74, 6) is 6.18. The standard InChI is InChI=1S/C11H12BrN/c12-11-8-4-3-7-10(11)6-2-1-5-9-13/h3-4,7-8H,1,5,9,13H2. The Morgan fingerprint density at radius 2 is 2.08 bits per heavy atom. The van der Waals surface area contributed by atoms with Crippen LogP contribution in [-0.4, -0.2) is 6.54 Å². The molecule has 0 bridgehead atoms. The Kier molecular flexibility index (Phi) is 4.59. The normalized spacial score (nSPS) is 9.08. The van der Waals surface area contributed by atoms with E-state index in [9.17, 15) is 0 Å². The van der Waals surface area contributed by atoms with Crippen molar-refractivity contribution < 1.29 is 0 Å². The van der Waals surface area contributed by atoms with Gasteiger partial charge < -0.3 is 5.73 Å². The van der Waals surface area contributed by atoms with Crippen molar-refractivity contribution in [3.63, 3.8) is 0 Å². The lowest BCUT2D eigenvalue weighted by Crippen LogP contribution is -1.96. The Hall–Kier alpha value is -0.780. The van der Waals surface area contributed by atoms with Gasteiger partial charge in [-0.1, -0.05) is 24.0 Å². The molecule has 0 amide bonds. The van der Waals surface area contributed by atoms with Gasteiger partial charge in [-0.15, -0.1) is 0 Å². The molecule has 0 unspecified atom stereocenters. The van der Waals surface area contributed by atoms with Crippen LogP contribution in [0.1, 0.15) is 18.4 Å². The Balaban J connectivity index is 2.61. The Morgan fingerprint density at radius 1 is 1.31 bits per heavy atom. The summed E-state index contributed by atoms with van der Waals surface area (Å²) in [5.41, 5.74) is 6.40. The van der Waals surface area contributed by atoms with Crippen molar-refractivity contribution in [2.75, 3.05) is 6.54 Å². The molecule has 0 atom stereocenters. The minimum atomic E-state index is 0.713. The van der Waals surface area contributed by atoms with Crippen molar-refractivity contribution in [3.8, 4) is 11.8 Å². The van der Waals surface area contributed by atoms with Crippen molar-refractivity contribution in [1.29, 1.82) is 0 Å². The zero-order valence-electron chi connectivity index (χ0n) is 7.39. The number of benzene rings is 1. The first-order valence-electron chi connectivity index (χ1n) is 4.28. The lowest BCUT2D eigenvalue weighted by atomic mass is 10.2. The van der Waals surface area contributed by atoms with Gasteiger partial charge >= 0.3 is 0 Å². The van der Waals surface area contributed by atoms with Crippen LogP contribution in [-0.2, 0) is 0 Å². The number of hydrogen-bond donors (Lipinski definition) is 1. The smallest absolute Gasteiger partial charge is 0.0387 e. The van der Waals surface area contributed by atoms with Gasteiger partial charge in [0, 0.05) is 16.5 Å². The number of rotatable bonds is 2. The zero-order valence-corrected chi connectivity index (χ0v) is 8.97. The highest BCUT2D eigenvalue weighted by atomic mass is 79.9. The fourth-order valence-corrected chi connectivity index (χ4v) is 1.29. The van der Waals surface area contributed by atoms with E-state index in [4.69, 9.17) is 5.73 Å². The molecular weight excluding hydrogens is 226 g/mol. The summed E-state index contributed by atoms with van der Waals surface area (Å²) in [7, 11) is 0. The van der Waals surface area contributed by atoms with Gasteiger partial charge in [-0.05, 0) is 41.0 Å². The first-order valence-corrected chi connectivity index (χ1v) is 5.07. The van der Waals surface area contributed by atoms with Gasteiger partial charge in [-0.2, -0.15) is 0 Å². The van der Waals surface area contributed by atoms with E-state index in [0.717, 1.165) is 22.9 Å². The minimum Gasteiger partial charge on any atom is -0.330 e. The third-order valence-corrected chi connectivity index (χ3v) is 2.29. The fourth-order valence-electron chi connectivity index (χ4n) is 0.911. The van der Waals surface area contributed by atoms with Crippen molar-refractivity contribution in [2.45, 2.75) is 12.8 Å². The number of unbranched alkanes of at least 4 members (excludes halogenated alkanes) is 1. The topological polar surface area (TPSA) is 26.0 Å². The Morgan fingerprint density at radius 3 is 2.77 bits per heavy atom. The number of nitrogens with two attached hydrogens (primary N) is 1. The highest BCUT2D eigenvalue weighted by molar-refractivity contribution is 9.10. The van der Waals surface area contributed by atoms with Crippen LogP contribution in [0.15, 0.2) is 28.7 Å². The van der Waals surface area contributed by atoms with Crippen molar-refractivity contribution >= 4 is 15.9 Å². The van der Waals surface area contributed by atoms with Gasteiger partial charge in [0.25, 0.3) is 0 Å².